The molecule has 1 aliphatic rings. The molecule has 0 radical (unpaired) electrons. The van der Waals surface area contributed by atoms with Crippen LogP contribution in [0.2, 0.25) is 0 Å². The second-order valence-electron chi connectivity index (χ2n) is 3.84. The number of rotatable bonds is 4. The highest BCUT2D eigenvalue weighted by Gasteiger charge is 2.36. The maximum Gasteiger partial charge on any atom is 0.109 e. The van der Waals surface area contributed by atoms with Crippen LogP contribution in [0, 0.1) is 0 Å². The summed E-state index contributed by atoms with van der Waals surface area (Å²) in [4.78, 5) is 0. The van der Waals surface area contributed by atoms with Crippen LogP contribution in [0.4, 0.5) is 0 Å². The van der Waals surface area contributed by atoms with Gasteiger partial charge in [0.25, 0.3) is 0 Å². The predicted molar refractivity (Wildman–Crippen MR) is 50.1 cm³/mol. The van der Waals surface area contributed by atoms with Crippen LogP contribution < -0.4 is 0 Å². The van der Waals surface area contributed by atoms with Gasteiger partial charge in [-0.2, -0.15) is 0 Å². The summed E-state index contributed by atoms with van der Waals surface area (Å²) in [6.45, 7) is -0.758. The summed E-state index contributed by atoms with van der Waals surface area (Å²) in [6.07, 6.45) is -3.89. The van der Waals surface area contributed by atoms with Crippen LogP contribution in [-0.4, -0.2) is 69.3 Å². The molecule has 0 amide bonds. The van der Waals surface area contributed by atoms with Gasteiger partial charge in [-0.3, -0.25) is 0 Å². The molecule has 5 atom stereocenters. The molecule has 6 nitrogen and oxygen atoms in total. The van der Waals surface area contributed by atoms with E-state index in [4.69, 9.17) is 14.9 Å². The number of aliphatic hydroxyl groups is 5. The number of aliphatic hydroxyl groups excluding tert-OH is 5. The molecule has 0 saturated carbocycles. The minimum atomic E-state index is -1.10. The average Bonchev–Trinajstić information content (AvgIpc) is 2.22. The first-order chi connectivity index (χ1) is 7.08. The molecular weight excluding hydrogens is 204 g/mol. The van der Waals surface area contributed by atoms with E-state index >= 15 is 0 Å². The topological polar surface area (TPSA) is 110 Å². The maximum absolute atomic E-state index is 9.45. The lowest BCUT2D eigenvalue weighted by Crippen LogP contribution is -2.50. The van der Waals surface area contributed by atoms with E-state index in [2.05, 4.69) is 0 Å². The second-order valence-corrected chi connectivity index (χ2v) is 3.84. The maximum atomic E-state index is 9.45. The van der Waals surface area contributed by atoms with Gasteiger partial charge in [0.15, 0.2) is 0 Å². The van der Waals surface area contributed by atoms with E-state index in [1.807, 2.05) is 0 Å². The molecule has 15 heavy (non-hydrogen) atoms. The Kier molecular flexibility index (Phi) is 4.91. The molecule has 0 aromatic carbocycles. The van der Waals surface area contributed by atoms with Crippen molar-refractivity contribution in [3.05, 3.63) is 0 Å². The van der Waals surface area contributed by atoms with Gasteiger partial charge in [-0.1, -0.05) is 0 Å². The Morgan fingerprint density at radius 2 is 1.93 bits per heavy atom. The molecule has 6 heteroatoms. The highest BCUT2D eigenvalue weighted by molar-refractivity contribution is 4.85. The lowest BCUT2D eigenvalue weighted by Gasteiger charge is -2.36. The third-order valence-corrected chi connectivity index (χ3v) is 2.57. The molecule has 1 aliphatic heterocycles. The van der Waals surface area contributed by atoms with Crippen molar-refractivity contribution in [1.82, 2.24) is 0 Å². The van der Waals surface area contributed by atoms with Crippen LogP contribution in [0.3, 0.4) is 0 Å². The van der Waals surface area contributed by atoms with Crippen LogP contribution in [-0.2, 0) is 4.74 Å². The largest absolute Gasteiger partial charge is 0.394 e. The van der Waals surface area contributed by atoms with E-state index < -0.39 is 30.5 Å². The molecule has 1 fully saturated rings. The van der Waals surface area contributed by atoms with E-state index in [1.165, 1.54) is 0 Å². The Morgan fingerprint density at radius 1 is 1.27 bits per heavy atom. The minimum Gasteiger partial charge on any atom is -0.394 e. The van der Waals surface area contributed by atoms with Gasteiger partial charge in [0.05, 0.1) is 31.5 Å². The number of hydrogen-bond acceptors (Lipinski definition) is 6. The van der Waals surface area contributed by atoms with Crippen molar-refractivity contribution in [1.29, 1.82) is 0 Å². The van der Waals surface area contributed by atoms with Gasteiger partial charge in [-0.25, -0.2) is 0 Å². The van der Waals surface area contributed by atoms with Crippen LogP contribution in [0.25, 0.3) is 0 Å². The summed E-state index contributed by atoms with van der Waals surface area (Å²) >= 11 is 0. The summed E-state index contributed by atoms with van der Waals surface area (Å²) < 4.78 is 5.26. The Labute approximate surface area is 87.7 Å². The lowest BCUT2D eigenvalue weighted by molar-refractivity contribution is -0.186. The zero-order valence-corrected chi connectivity index (χ0v) is 8.36. The van der Waals surface area contributed by atoms with Crippen molar-refractivity contribution in [2.45, 2.75) is 43.4 Å². The van der Waals surface area contributed by atoms with E-state index in [0.717, 1.165) is 0 Å². The second kappa shape index (κ2) is 5.74. The Balaban J connectivity index is 2.47. The normalized spacial score (nSPS) is 39.0. The summed E-state index contributed by atoms with van der Waals surface area (Å²) in [5.41, 5.74) is 0. The Bertz CT molecular complexity index is 185. The Morgan fingerprint density at radius 3 is 2.47 bits per heavy atom. The standard InChI is InChI=1S/C9H18O6/c10-3-5(12)1-6-2-7(13)9(14)8(4-11)15-6/h5-14H,1-4H2/t5-,6+,7+,8+,9-/m0/s1. The number of ether oxygens (including phenoxy) is 1. The molecule has 0 aromatic rings. The first-order valence-corrected chi connectivity index (χ1v) is 4.99. The summed E-state index contributed by atoms with van der Waals surface area (Å²) in [5.74, 6) is 0. The summed E-state index contributed by atoms with van der Waals surface area (Å²) in [6, 6.07) is 0. The summed E-state index contributed by atoms with van der Waals surface area (Å²) in [5, 5.41) is 45.6. The lowest BCUT2D eigenvalue weighted by atomic mass is 9.95. The molecule has 0 aliphatic carbocycles. The Hall–Kier alpha value is -0.240. The van der Waals surface area contributed by atoms with E-state index in [-0.39, 0.29) is 26.1 Å². The fraction of sp³-hybridized carbons (Fsp3) is 1.00. The smallest absolute Gasteiger partial charge is 0.109 e. The average molecular weight is 222 g/mol. The van der Waals surface area contributed by atoms with Gasteiger partial charge >= 0.3 is 0 Å². The van der Waals surface area contributed by atoms with Crippen LogP contribution >= 0.6 is 0 Å². The summed E-state index contributed by atoms with van der Waals surface area (Å²) in [7, 11) is 0. The molecule has 0 unspecified atom stereocenters. The molecule has 0 aromatic heterocycles. The van der Waals surface area contributed by atoms with Gasteiger partial charge in [0.1, 0.15) is 12.2 Å². The fourth-order valence-corrected chi connectivity index (χ4v) is 1.72. The minimum absolute atomic E-state index is 0.177. The molecule has 0 spiro atoms. The molecule has 1 rings (SSSR count). The molecule has 5 N–H and O–H groups in total. The van der Waals surface area contributed by atoms with Crippen LogP contribution in [0.15, 0.2) is 0 Å². The van der Waals surface area contributed by atoms with Crippen LogP contribution in [0.5, 0.6) is 0 Å². The molecule has 0 bridgehead atoms. The first-order valence-electron chi connectivity index (χ1n) is 4.99. The van der Waals surface area contributed by atoms with Crippen molar-refractivity contribution in [3.8, 4) is 0 Å². The van der Waals surface area contributed by atoms with Crippen molar-refractivity contribution in [2.24, 2.45) is 0 Å². The molecule has 1 heterocycles. The monoisotopic (exact) mass is 222 g/mol. The predicted octanol–water partition coefficient (Wildman–Crippen LogP) is -2.40. The highest BCUT2D eigenvalue weighted by atomic mass is 16.5. The third kappa shape index (κ3) is 3.37. The zero-order valence-electron chi connectivity index (χ0n) is 8.36. The SMILES string of the molecule is OC[C@@H](O)C[C@@H]1C[C@@H](O)[C@H](O)[C@@H](CO)O1. The van der Waals surface area contributed by atoms with Gasteiger partial charge < -0.3 is 30.3 Å². The fourth-order valence-electron chi connectivity index (χ4n) is 1.72. The van der Waals surface area contributed by atoms with Crippen LogP contribution in [0.1, 0.15) is 12.8 Å². The zero-order chi connectivity index (χ0) is 11.4. The molecule has 90 valence electrons. The van der Waals surface area contributed by atoms with E-state index in [0.29, 0.717) is 0 Å². The third-order valence-electron chi connectivity index (χ3n) is 2.57. The molecule has 1 saturated heterocycles. The highest BCUT2D eigenvalue weighted by Crippen LogP contribution is 2.23. The van der Waals surface area contributed by atoms with E-state index in [1.54, 1.807) is 0 Å². The van der Waals surface area contributed by atoms with Gasteiger partial charge in [0.2, 0.25) is 0 Å². The van der Waals surface area contributed by atoms with Crippen molar-refractivity contribution >= 4 is 0 Å². The van der Waals surface area contributed by atoms with Crippen molar-refractivity contribution in [2.75, 3.05) is 13.2 Å². The van der Waals surface area contributed by atoms with Gasteiger partial charge in [0, 0.05) is 12.8 Å². The van der Waals surface area contributed by atoms with Crippen molar-refractivity contribution < 1.29 is 30.3 Å². The van der Waals surface area contributed by atoms with Gasteiger partial charge in [-0.15, -0.1) is 0 Å². The quantitative estimate of drug-likeness (QED) is 0.363. The van der Waals surface area contributed by atoms with Crippen molar-refractivity contribution in [3.63, 3.8) is 0 Å². The van der Waals surface area contributed by atoms with E-state index in [9.17, 15) is 15.3 Å². The molecular formula is C9H18O6. The first kappa shape index (κ1) is 12.8. The number of hydrogen-bond donors (Lipinski definition) is 5. The van der Waals surface area contributed by atoms with Gasteiger partial charge in [-0.05, 0) is 0 Å².